The third-order valence-corrected chi connectivity index (χ3v) is 3.09. The minimum absolute atomic E-state index is 0.699. The van der Waals surface area contributed by atoms with E-state index in [4.69, 9.17) is 5.26 Å². The van der Waals surface area contributed by atoms with Crippen LogP contribution in [0.15, 0.2) is 42.5 Å². The normalized spacial score (nSPS) is 9.83. The van der Waals surface area contributed by atoms with Gasteiger partial charge in [0.25, 0.3) is 0 Å². The van der Waals surface area contributed by atoms with E-state index in [9.17, 15) is 0 Å². The summed E-state index contributed by atoms with van der Waals surface area (Å²) in [4.78, 5) is 0. The van der Waals surface area contributed by atoms with E-state index in [1.165, 1.54) is 16.7 Å². The van der Waals surface area contributed by atoms with Crippen LogP contribution >= 0.6 is 0 Å². The summed E-state index contributed by atoms with van der Waals surface area (Å²) < 4.78 is 0. The molecule has 2 aromatic carbocycles. The average Bonchev–Trinajstić information content (AvgIpc) is 2.41. The number of nitrogens with one attached hydrogen (secondary N) is 1. The van der Waals surface area contributed by atoms with E-state index in [0.717, 1.165) is 12.2 Å². The van der Waals surface area contributed by atoms with Crippen molar-refractivity contribution in [1.29, 1.82) is 5.26 Å². The zero-order valence-corrected chi connectivity index (χ0v) is 10.7. The summed E-state index contributed by atoms with van der Waals surface area (Å²) >= 11 is 0. The lowest BCUT2D eigenvalue weighted by molar-refractivity contribution is 1.14. The van der Waals surface area contributed by atoms with Crippen molar-refractivity contribution in [2.45, 2.75) is 20.4 Å². The van der Waals surface area contributed by atoms with Gasteiger partial charge in [-0.1, -0.05) is 18.2 Å². The van der Waals surface area contributed by atoms with Gasteiger partial charge in [-0.05, 0) is 54.8 Å². The molecule has 2 rings (SSSR count). The fourth-order valence-electron chi connectivity index (χ4n) is 1.75. The van der Waals surface area contributed by atoms with Crippen LogP contribution in [0.25, 0.3) is 0 Å². The van der Waals surface area contributed by atoms with Gasteiger partial charge in [0, 0.05) is 12.2 Å². The fraction of sp³-hybridized carbons (Fsp3) is 0.188. The molecule has 90 valence electrons. The molecule has 0 aromatic heterocycles. The molecular weight excluding hydrogens is 220 g/mol. The second-order valence-electron chi connectivity index (χ2n) is 4.46. The van der Waals surface area contributed by atoms with E-state index >= 15 is 0 Å². The maximum absolute atomic E-state index is 8.73. The van der Waals surface area contributed by atoms with Crippen molar-refractivity contribution < 1.29 is 0 Å². The third kappa shape index (κ3) is 2.89. The zero-order valence-electron chi connectivity index (χ0n) is 10.7. The Labute approximate surface area is 108 Å². The molecule has 0 fully saturated rings. The minimum atomic E-state index is 0.699. The van der Waals surface area contributed by atoms with Crippen LogP contribution in [0.3, 0.4) is 0 Å². The first-order valence-electron chi connectivity index (χ1n) is 5.99. The highest BCUT2D eigenvalue weighted by atomic mass is 14.9. The van der Waals surface area contributed by atoms with Crippen molar-refractivity contribution in [3.8, 4) is 6.07 Å². The monoisotopic (exact) mass is 236 g/mol. The molecule has 0 saturated heterocycles. The van der Waals surface area contributed by atoms with Crippen molar-refractivity contribution in [3.05, 3.63) is 64.7 Å². The first-order chi connectivity index (χ1) is 8.69. The van der Waals surface area contributed by atoms with Crippen LogP contribution in [0.5, 0.6) is 0 Å². The maximum atomic E-state index is 8.73. The van der Waals surface area contributed by atoms with E-state index in [1.54, 1.807) is 0 Å². The van der Waals surface area contributed by atoms with Crippen LogP contribution in [0.1, 0.15) is 22.3 Å². The number of nitriles is 1. The molecule has 0 saturated carbocycles. The second kappa shape index (κ2) is 5.37. The Balaban J connectivity index is 2.02. The summed E-state index contributed by atoms with van der Waals surface area (Å²) in [7, 11) is 0. The van der Waals surface area contributed by atoms with Gasteiger partial charge in [-0.15, -0.1) is 0 Å². The highest BCUT2D eigenvalue weighted by molar-refractivity contribution is 5.48. The van der Waals surface area contributed by atoms with Crippen molar-refractivity contribution in [2.75, 3.05) is 5.32 Å². The molecule has 1 N–H and O–H groups in total. The summed E-state index contributed by atoms with van der Waals surface area (Å²) in [5.41, 5.74) is 5.60. The molecule has 0 bridgehead atoms. The van der Waals surface area contributed by atoms with Gasteiger partial charge in [0.05, 0.1) is 11.6 Å². The van der Waals surface area contributed by atoms with Crippen molar-refractivity contribution in [3.63, 3.8) is 0 Å². The molecule has 0 aliphatic heterocycles. The van der Waals surface area contributed by atoms with Gasteiger partial charge >= 0.3 is 0 Å². The second-order valence-corrected chi connectivity index (χ2v) is 4.46. The van der Waals surface area contributed by atoms with Crippen LogP contribution in [-0.2, 0) is 6.54 Å². The number of hydrogen-bond acceptors (Lipinski definition) is 2. The van der Waals surface area contributed by atoms with Crippen LogP contribution < -0.4 is 5.32 Å². The van der Waals surface area contributed by atoms with Crippen LogP contribution in [-0.4, -0.2) is 0 Å². The molecule has 0 amide bonds. The Hall–Kier alpha value is -2.27. The first kappa shape index (κ1) is 12.2. The van der Waals surface area contributed by atoms with Gasteiger partial charge in [-0.25, -0.2) is 0 Å². The van der Waals surface area contributed by atoms with Gasteiger partial charge in [0.15, 0.2) is 0 Å². The van der Waals surface area contributed by atoms with Gasteiger partial charge < -0.3 is 5.32 Å². The minimum Gasteiger partial charge on any atom is -0.381 e. The Morgan fingerprint density at radius 1 is 1.00 bits per heavy atom. The fourth-order valence-corrected chi connectivity index (χ4v) is 1.75. The molecule has 0 aliphatic rings. The lowest BCUT2D eigenvalue weighted by Crippen LogP contribution is -1.99. The smallest absolute Gasteiger partial charge is 0.0991 e. The Morgan fingerprint density at radius 3 is 2.33 bits per heavy atom. The summed E-state index contributed by atoms with van der Waals surface area (Å²) in [6.45, 7) is 5.00. The SMILES string of the molecule is Cc1ccc(NCc2ccc(C#N)cc2)cc1C. The molecule has 2 aromatic rings. The van der Waals surface area contributed by atoms with Crippen LogP contribution in [0.4, 0.5) is 5.69 Å². The van der Waals surface area contributed by atoms with Crippen molar-refractivity contribution in [2.24, 2.45) is 0 Å². The van der Waals surface area contributed by atoms with Crippen molar-refractivity contribution >= 4 is 5.69 Å². The number of anilines is 1. The van der Waals surface area contributed by atoms with E-state index in [0.29, 0.717) is 5.56 Å². The van der Waals surface area contributed by atoms with E-state index < -0.39 is 0 Å². The maximum Gasteiger partial charge on any atom is 0.0991 e. The highest BCUT2D eigenvalue weighted by Gasteiger charge is 1.97. The number of hydrogen-bond donors (Lipinski definition) is 1. The molecule has 0 heterocycles. The highest BCUT2D eigenvalue weighted by Crippen LogP contribution is 2.15. The number of aryl methyl sites for hydroxylation is 2. The Kier molecular flexibility index (Phi) is 3.64. The van der Waals surface area contributed by atoms with Crippen LogP contribution in [0, 0.1) is 25.2 Å². The topological polar surface area (TPSA) is 35.8 Å². The molecule has 0 atom stereocenters. The molecule has 18 heavy (non-hydrogen) atoms. The van der Waals surface area contributed by atoms with Gasteiger partial charge in [-0.3, -0.25) is 0 Å². The summed E-state index contributed by atoms with van der Waals surface area (Å²) in [5.74, 6) is 0. The molecule has 2 heteroatoms. The number of nitrogens with zero attached hydrogens (tertiary/aromatic N) is 1. The van der Waals surface area contributed by atoms with E-state index in [-0.39, 0.29) is 0 Å². The number of benzene rings is 2. The zero-order chi connectivity index (χ0) is 13.0. The summed E-state index contributed by atoms with van der Waals surface area (Å²) in [6, 6.07) is 16.1. The third-order valence-electron chi connectivity index (χ3n) is 3.09. The Morgan fingerprint density at radius 2 is 1.72 bits per heavy atom. The van der Waals surface area contributed by atoms with Crippen molar-refractivity contribution in [1.82, 2.24) is 0 Å². The standard InChI is InChI=1S/C16H16N2/c1-12-3-8-16(9-13(12)2)18-11-15-6-4-14(10-17)5-7-15/h3-9,18H,11H2,1-2H3. The van der Waals surface area contributed by atoms with Gasteiger partial charge in [0.1, 0.15) is 0 Å². The lowest BCUT2D eigenvalue weighted by Gasteiger charge is -2.08. The largest absolute Gasteiger partial charge is 0.381 e. The van der Waals surface area contributed by atoms with E-state index in [1.807, 2.05) is 24.3 Å². The molecule has 2 nitrogen and oxygen atoms in total. The summed E-state index contributed by atoms with van der Waals surface area (Å²) in [5, 5.41) is 12.1. The molecule has 0 aliphatic carbocycles. The molecule has 0 radical (unpaired) electrons. The predicted molar refractivity (Wildman–Crippen MR) is 74.4 cm³/mol. The average molecular weight is 236 g/mol. The van der Waals surface area contributed by atoms with Crippen LogP contribution in [0.2, 0.25) is 0 Å². The first-order valence-corrected chi connectivity index (χ1v) is 5.99. The predicted octanol–water partition coefficient (Wildman–Crippen LogP) is 3.79. The van der Waals surface area contributed by atoms with E-state index in [2.05, 4.69) is 43.4 Å². The molecule has 0 spiro atoms. The molecular formula is C16H16N2. The van der Waals surface area contributed by atoms with Gasteiger partial charge in [-0.2, -0.15) is 5.26 Å². The van der Waals surface area contributed by atoms with Gasteiger partial charge in [0.2, 0.25) is 0 Å². The Bertz CT molecular complexity index is 577. The number of rotatable bonds is 3. The lowest BCUT2D eigenvalue weighted by atomic mass is 10.1. The summed E-state index contributed by atoms with van der Waals surface area (Å²) in [6.07, 6.45) is 0. The molecule has 0 unspecified atom stereocenters. The quantitative estimate of drug-likeness (QED) is 0.880.